The van der Waals surface area contributed by atoms with Crippen LogP contribution in [-0.4, -0.2) is 12.5 Å². The maximum atomic E-state index is 12.6. The number of carbonyl (C=O) groups is 1. The molecule has 0 aromatic heterocycles. The molecule has 24 heavy (non-hydrogen) atoms. The molecule has 0 aliphatic heterocycles. The highest BCUT2D eigenvalue weighted by Crippen LogP contribution is 2.30. The van der Waals surface area contributed by atoms with Crippen LogP contribution in [0.2, 0.25) is 5.02 Å². The number of benzene rings is 2. The smallest absolute Gasteiger partial charge is 0.376 e. The van der Waals surface area contributed by atoms with Crippen molar-refractivity contribution in [2.45, 2.75) is 19.1 Å². The molecule has 2 rings (SSSR count). The highest BCUT2D eigenvalue weighted by molar-refractivity contribution is 6.30. The van der Waals surface area contributed by atoms with Crippen LogP contribution in [0.25, 0.3) is 0 Å². The second-order valence-electron chi connectivity index (χ2n) is 5.27. The number of nitrogens with one attached hydrogen (secondary N) is 2. The van der Waals surface area contributed by atoms with E-state index in [0.717, 1.165) is 17.7 Å². The fourth-order valence-corrected chi connectivity index (χ4v) is 2.24. The van der Waals surface area contributed by atoms with Crippen LogP contribution in [0.1, 0.15) is 24.1 Å². The molecule has 7 heteroatoms. The number of hydrogen-bond acceptors (Lipinski definition) is 2. The van der Waals surface area contributed by atoms with Crippen molar-refractivity contribution in [3.63, 3.8) is 0 Å². The summed E-state index contributed by atoms with van der Waals surface area (Å²) in [6, 6.07) is 11.5. The van der Waals surface area contributed by atoms with Gasteiger partial charge in [-0.2, -0.15) is 13.2 Å². The van der Waals surface area contributed by atoms with E-state index in [9.17, 15) is 18.0 Å². The molecule has 0 aliphatic rings. The summed E-state index contributed by atoms with van der Waals surface area (Å²) in [7, 11) is 0. The zero-order chi connectivity index (χ0) is 17.7. The van der Waals surface area contributed by atoms with Gasteiger partial charge in [0.05, 0.1) is 18.2 Å². The lowest BCUT2D eigenvalue weighted by molar-refractivity contribution is -0.137. The Morgan fingerprint density at radius 2 is 1.83 bits per heavy atom. The predicted molar refractivity (Wildman–Crippen MR) is 87.9 cm³/mol. The quantitative estimate of drug-likeness (QED) is 0.818. The van der Waals surface area contributed by atoms with E-state index in [1.54, 1.807) is 24.3 Å². The highest BCUT2D eigenvalue weighted by atomic mass is 35.5. The van der Waals surface area contributed by atoms with Gasteiger partial charge in [0.2, 0.25) is 5.91 Å². The van der Waals surface area contributed by atoms with Crippen LogP contribution in [0, 0.1) is 0 Å². The molecule has 0 saturated heterocycles. The summed E-state index contributed by atoms with van der Waals surface area (Å²) in [5, 5.41) is 6.05. The Labute approximate surface area is 142 Å². The van der Waals surface area contributed by atoms with Crippen molar-refractivity contribution in [2.75, 3.05) is 11.9 Å². The molecule has 1 unspecified atom stereocenters. The lowest BCUT2D eigenvalue weighted by Crippen LogP contribution is -2.32. The molecular formula is C17H16ClF3N2O. The summed E-state index contributed by atoms with van der Waals surface area (Å²) in [6.07, 6.45) is -4.41. The van der Waals surface area contributed by atoms with Gasteiger partial charge in [-0.25, -0.2) is 0 Å². The highest BCUT2D eigenvalue weighted by Gasteiger charge is 2.30. The molecule has 0 fully saturated rings. The van der Waals surface area contributed by atoms with E-state index < -0.39 is 11.7 Å². The molecule has 2 aromatic rings. The molecule has 128 valence electrons. The Morgan fingerprint density at radius 1 is 1.17 bits per heavy atom. The lowest BCUT2D eigenvalue weighted by Gasteiger charge is -2.15. The maximum Gasteiger partial charge on any atom is 0.416 e. The molecule has 1 amide bonds. The average Bonchev–Trinajstić information content (AvgIpc) is 2.53. The summed E-state index contributed by atoms with van der Waals surface area (Å²) < 4.78 is 37.9. The number of hydrogen-bond donors (Lipinski definition) is 2. The van der Waals surface area contributed by atoms with E-state index in [4.69, 9.17) is 11.6 Å². The van der Waals surface area contributed by atoms with Crippen molar-refractivity contribution in [3.8, 4) is 0 Å². The Hall–Kier alpha value is -2.21. The first-order valence-corrected chi connectivity index (χ1v) is 7.59. The first-order valence-electron chi connectivity index (χ1n) is 7.21. The van der Waals surface area contributed by atoms with E-state index in [2.05, 4.69) is 10.6 Å². The maximum absolute atomic E-state index is 12.6. The van der Waals surface area contributed by atoms with Gasteiger partial charge in [-0.1, -0.05) is 29.8 Å². The first kappa shape index (κ1) is 18.1. The number of carbonyl (C=O) groups excluding carboxylic acids is 1. The molecule has 0 aliphatic carbocycles. The number of alkyl halides is 3. The summed E-state index contributed by atoms with van der Waals surface area (Å²) >= 11 is 5.81. The Balaban J connectivity index is 1.90. The van der Waals surface area contributed by atoms with Crippen LogP contribution in [0.15, 0.2) is 48.5 Å². The molecule has 0 saturated carbocycles. The van der Waals surface area contributed by atoms with Crippen LogP contribution < -0.4 is 10.6 Å². The van der Waals surface area contributed by atoms with E-state index >= 15 is 0 Å². The lowest BCUT2D eigenvalue weighted by atomic mass is 10.1. The fourth-order valence-electron chi connectivity index (χ4n) is 2.12. The third kappa shape index (κ3) is 5.16. The molecule has 2 N–H and O–H groups in total. The SMILES string of the molecule is CC(NC(=O)CNc1cccc(C(F)(F)F)c1)c1ccc(Cl)cc1. The van der Waals surface area contributed by atoms with Crippen molar-refractivity contribution < 1.29 is 18.0 Å². The van der Waals surface area contributed by atoms with E-state index in [1.807, 2.05) is 6.92 Å². The number of anilines is 1. The summed E-state index contributed by atoms with van der Waals surface area (Å²) in [4.78, 5) is 11.9. The predicted octanol–water partition coefficient (Wildman–Crippen LogP) is 4.65. The monoisotopic (exact) mass is 356 g/mol. The van der Waals surface area contributed by atoms with Gasteiger partial charge in [-0.15, -0.1) is 0 Å². The Morgan fingerprint density at radius 3 is 2.46 bits per heavy atom. The van der Waals surface area contributed by atoms with Crippen LogP contribution in [0.5, 0.6) is 0 Å². The summed E-state index contributed by atoms with van der Waals surface area (Å²) in [5.41, 5.74) is 0.355. The molecular weight excluding hydrogens is 341 g/mol. The topological polar surface area (TPSA) is 41.1 Å². The molecule has 2 aromatic carbocycles. The van der Waals surface area contributed by atoms with Gasteiger partial charge in [0, 0.05) is 10.7 Å². The minimum absolute atomic E-state index is 0.126. The van der Waals surface area contributed by atoms with Gasteiger partial charge < -0.3 is 10.6 Å². The molecule has 0 spiro atoms. The molecule has 0 heterocycles. The Kier molecular flexibility index (Phi) is 5.72. The fraction of sp³-hybridized carbons (Fsp3) is 0.235. The molecule has 0 radical (unpaired) electrons. The van der Waals surface area contributed by atoms with E-state index in [-0.39, 0.29) is 24.2 Å². The van der Waals surface area contributed by atoms with Crippen molar-refractivity contribution in [3.05, 3.63) is 64.7 Å². The summed E-state index contributed by atoms with van der Waals surface area (Å²) in [5.74, 6) is -0.324. The van der Waals surface area contributed by atoms with E-state index in [1.165, 1.54) is 12.1 Å². The first-order chi connectivity index (χ1) is 11.3. The number of amides is 1. The second kappa shape index (κ2) is 7.57. The third-order valence-corrected chi connectivity index (χ3v) is 3.64. The van der Waals surface area contributed by atoms with Crippen molar-refractivity contribution in [1.29, 1.82) is 0 Å². The largest absolute Gasteiger partial charge is 0.416 e. The van der Waals surface area contributed by atoms with Crippen LogP contribution in [0.3, 0.4) is 0 Å². The second-order valence-corrected chi connectivity index (χ2v) is 5.71. The van der Waals surface area contributed by atoms with Gasteiger partial charge in [-0.05, 0) is 42.8 Å². The molecule has 3 nitrogen and oxygen atoms in total. The van der Waals surface area contributed by atoms with E-state index in [0.29, 0.717) is 5.02 Å². The zero-order valence-electron chi connectivity index (χ0n) is 12.8. The summed E-state index contributed by atoms with van der Waals surface area (Å²) in [6.45, 7) is 1.69. The zero-order valence-corrected chi connectivity index (χ0v) is 13.6. The normalized spacial score (nSPS) is 12.5. The molecule has 1 atom stereocenters. The third-order valence-electron chi connectivity index (χ3n) is 3.39. The van der Waals surface area contributed by atoms with Crippen LogP contribution in [-0.2, 0) is 11.0 Å². The van der Waals surface area contributed by atoms with Crippen LogP contribution >= 0.6 is 11.6 Å². The van der Waals surface area contributed by atoms with Crippen molar-refractivity contribution >= 4 is 23.2 Å². The minimum Gasteiger partial charge on any atom is -0.376 e. The van der Waals surface area contributed by atoms with Crippen molar-refractivity contribution in [2.24, 2.45) is 0 Å². The minimum atomic E-state index is -4.41. The number of halogens is 4. The van der Waals surface area contributed by atoms with Gasteiger partial charge in [0.25, 0.3) is 0 Å². The van der Waals surface area contributed by atoms with Crippen molar-refractivity contribution in [1.82, 2.24) is 5.32 Å². The van der Waals surface area contributed by atoms with Gasteiger partial charge in [0.1, 0.15) is 0 Å². The Bertz CT molecular complexity index is 702. The van der Waals surface area contributed by atoms with Gasteiger partial charge in [0.15, 0.2) is 0 Å². The van der Waals surface area contributed by atoms with Gasteiger partial charge >= 0.3 is 6.18 Å². The standard InChI is InChI=1S/C17H16ClF3N2O/c1-11(12-5-7-14(18)8-6-12)23-16(24)10-22-15-4-2-3-13(9-15)17(19,20)21/h2-9,11,22H,10H2,1H3,(H,23,24). The number of rotatable bonds is 5. The van der Waals surface area contributed by atoms with Gasteiger partial charge in [-0.3, -0.25) is 4.79 Å². The average molecular weight is 357 g/mol. The molecule has 0 bridgehead atoms. The van der Waals surface area contributed by atoms with Crippen LogP contribution in [0.4, 0.5) is 18.9 Å².